The molecule has 0 aromatic heterocycles. The van der Waals surface area contributed by atoms with Gasteiger partial charge in [-0.25, -0.2) is 0 Å². The molecular weight excluding hydrogens is 256 g/mol. The molecule has 0 aliphatic carbocycles. The summed E-state index contributed by atoms with van der Waals surface area (Å²) in [4.78, 5) is 0. The molecular formula is C19H26N2. The van der Waals surface area contributed by atoms with E-state index in [1.807, 2.05) is 6.92 Å². The minimum Gasteiger partial charge on any atom is -0.404 e. The smallest absolute Gasteiger partial charge is 0.0227 e. The molecule has 2 heteroatoms. The molecule has 0 spiro atoms. The molecule has 0 heterocycles. The highest BCUT2D eigenvalue weighted by Crippen LogP contribution is 2.32. The number of nitrogens with one attached hydrogen (secondary N) is 1. The van der Waals surface area contributed by atoms with Crippen LogP contribution in [0.25, 0.3) is 5.57 Å². The molecule has 0 fully saturated rings. The van der Waals surface area contributed by atoms with Crippen molar-refractivity contribution >= 4 is 11.8 Å². The third-order valence-corrected chi connectivity index (χ3v) is 3.61. The predicted octanol–water partition coefficient (Wildman–Crippen LogP) is 4.96. The summed E-state index contributed by atoms with van der Waals surface area (Å²) < 4.78 is 0. The van der Waals surface area contributed by atoms with Crippen molar-refractivity contribution in [1.82, 2.24) is 0 Å². The Kier molecular flexibility index (Phi) is 6.16. The van der Waals surface area contributed by atoms with E-state index in [1.54, 1.807) is 0 Å². The molecule has 0 unspecified atom stereocenters. The van der Waals surface area contributed by atoms with E-state index in [0.29, 0.717) is 12.3 Å². The molecule has 112 valence electrons. The van der Waals surface area contributed by atoms with Crippen molar-refractivity contribution in [3.8, 4) is 0 Å². The van der Waals surface area contributed by atoms with E-state index in [4.69, 9.17) is 11.1 Å². The van der Waals surface area contributed by atoms with Crippen LogP contribution in [0, 0.1) is 12.3 Å². The Morgan fingerprint density at radius 1 is 1.38 bits per heavy atom. The lowest BCUT2D eigenvalue weighted by atomic mass is 9.86. The largest absolute Gasteiger partial charge is 0.404 e. The number of rotatable bonds is 6. The van der Waals surface area contributed by atoms with Crippen molar-refractivity contribution in [2.24, 2.45) is 5.73 Å². The Balaban J connectivity index is 3.23. The highest BCUT2D eigenvalue weighted by atomic mass is 14.5. The maximum absolute atomic E-state index is 7.36. The molecule has 1 rings (SSSR count). The van der Waals surface area contributed by atoms with Crippen molar-refractivity contribution in [2.45, 2.75) is 40.0 Å². The molecule has 0 radical (unpaired) electrons. The molecule has 2 nitrogen and oxygen atoms in total. The normalized spacial score (nSPS) is 12.6. The standard InChI is InChI=1S/C19H26N2/c1-6-17(15(5)10-16(11-20)12-21)18-8-7-14(4)9-19(18)13(2)3/h6-9,11-13,20H,5,10,21H2,1-4H3/b16-12-,17-6+,20-11?. The fraction of sp³-hybridized carbons (Fsp3) is 0.316. The minimum absolute atomic E-state index is 0.454. The van der Waals surface area contributed by atoms with Gasteiger partial charge >= 0.3 is 0 Å². The lowest BCUT2D eigenvalue weighted by Gasteiger charge is -2.18. The first-order valence-electron chi connectivity index (χ1n) is 7.31. The van der Waals surface area contributed by atoms with Crippen molar-refractivity contribution in [1.29, 1.82) is 5.41 Å². The van der Waals surface area contributed by atoms with E-state index in [9.17, 15) is 0 Å². The monoisotopic (exact) mass is 282 g/mol. The fourth-order valence-corrected chi connectivity index (χ4v) is 2.45. The number of nitrogens with two attached hydrogens (primary N) is 1. The predicted molar refractivity (Wildman–Crippen MR) is 93.7 cm³/mol. The SMILES string of the molecule is C=C(C/C(C=N)=C/N)/C(=C\C)c1ccc(C)cc1C(C)C. The molecule has 0 saturated carbocycles. The minimum atomic E-state index is 0.454. The second-order valence-corrected chi connectivity index (χ2v) is 5.61. The van der Waals surface area contributed by atoms with Crippen LogP contribution in [-0.4, -0.2) is 6.21 Å². The maximum atomic E-state index is 7.36. The maximum Gasteiger partial charge on any atom is 0.0227 e. The molecule has 0 amide bonds. The molecule has 0 aliphatic heterocycles. The second kappa shape index (κ2) is 7.63. The molecule has 0 atom stereocenters. The van der Waals surface area contributed by atoms with Crippen LogP contribution in [0.4, 0.5) is 0 Å². The van der Waals surface area contributed by atoms with E-state index < -0.39 is 0 Å². The first kappa shape index (κ1) is 17.0. The molecule has 1 aromatic carbocycles. The van der Waals surface area contributed by atoms with Crippen LogP contribution < -0.4 is 5.73 Å². The summed E-state index contributed by atoms with van der Waals surface area (Å²) >= 11 is 0. The van der Waals surface area contributed by atoms with Gasteiger partial charge in [-0.15, -0.1) is 0 Å². The highest BCUT2D eigenvalue weighted by molar-refractivity contribution is 5.84. The summed E-state index contributed by atoms with van der Waals surface area (Å²) in [6, 6.07) is 6.54. The Morgan fingerprint density at radius 2 is 2.05 bits per heavy atom. The number of hydrogen-bond acceptors (Lipinski definition) is 2. The van der Waals surface area contributed by atoms with Crippen LogP contribution in [0.3, 0.4) is 0 Å². The average molecular weight is 282 g/mol. The molecule has 0 bridgehead atoms. The first-order chi connectivity index (χ1) is 9.94. The number of aryl methyl sites for hydroxylation is 1. The topological polar surface area (TPSA) is 49.9 Å². The summed E-state index contributed by atoms with van der Waals surface area (Å²) in [6.07, 6.45) is 5.46. The van der Waals surface area contributed by atoms with E-state index >= 15 is 0 Å². The van der Waals surface area contributed by atoms with Crippen molar-refractivity contribution in [3.63, 3.8) is 0 Å². The molecule has 21 heavy (non-hydrogen) atoms. The zero-order valence-corrected chi connectivity index (χ0v) is 13.5. The summed E-state index contributed by atoms with van der Waals surface area (Å²) in [5.74, 6) is 0.454. The van der Waals surface area contributed by atoms with E-state index in [-0.39, 0.29) is 0 Å². The van der Waals surface area contributed by atoms with Gasteiger partial charge in [0, 0.05) is 12.6 Å². The Hall–Kier alpha value is -2.09. The fourth-order valence-electron chi connectivity index (χ4n) is 2.45. The van der Waals surface area contributed by atoms with Gasteiger partial charge in [0.2, 0.25) is 0 Å². The first-order valence-corrected chi connectivity index (χ1v) is 7.31. The van der Waals surface area contributed by atoms with Crippen LogP contribution in [0.15, 0.2) is 48.2 Å². The van der Waals surface area contributed by atoms with Crippen LogP contribution in [0.2, 0.25) is 0 Å². The Bertz CT molecular complexity index is 590. The van der Waals surface area contributed by atoms with Gasteiger partial charge in [0.1, 0.15) is 0 Å². The molecule has 0 saturated heterocycles. The van der Waals surface area contributed by atoms with Crippen LogP contribution >= 0.6 is 0 Å². The van der Waals surface area contributed by atoms with Crippen molar-refractivity contribution in [3.05, 3.63) is 64.9 Å². The van der Waals surface area contributed by atoms with Gasteiger partial charge in [0.05, 0.1) is 0 Å². The molecule has 3 N–H and O–H groups in total. The second-order valence-electron chi connectivity index (χ2n) is 5.61. The van der Waals surface area contributed by atoms with Crippen LogP contribution in [0.5, 0.6) is 0 Å². The van der Waals surface area contributed by atoms with Gasteiger partial charge in [0.25, 0.3) is 0 Å². The third kappa shape index (κ3) is 4.19. The summed E-state index contributed by atoms with van der Waals surface area (Å²) in [6.45, 7) is 12.7. The number of hydrogen-bond donors (Lipinski definition) is 2. The third-order valence-electron chi connectivity index (χ3n) is 3.61. The van der Waals surface area contributed by atoms with Crippen molar-refractivity contribution in [2.75, 3.05) is 0 Å². The summed E-state index contributed by atoms with van der Waals surface area (Å²) in [5.41, 5.74) is 12.3. The Labute approximate surface area is 128 Å². The Morgan fingerprint density at radius 3 is 2.52 bits per heavy atom. The lowest BCUT2D eigenvalue weighted by molar-refractivity contribution is 0.860. The number of allylic oxidation sites excluding steroid dienone is 4. The summed E-state index contributed by atoms with van der Waals surface area (Å²) in [7, 11) is 0. The van der Waals surface area contributed by atoms with E-state index in [0.717, 1.165) is 16.7 Å². The summed E-state index contributed by atoms with van der Waals surface area (Å²) in [5, 5.41) is 7.36. The lowest BCUT2D eigenvalue weighted by Crippen LogP contribution is -2.00. The van der Waals surface area contributed by atoms with Gasteiger partial charge in [-0.3, -0.25) is 0 Å². The van der Waals surface area contributed by atoms with E-state index in [1.165, 1.54) is 29.1 Å². The zero-order valence-electron chi connectivity index (χ0n) is 13.5. The van der Waals surface area contributed by atoms with Crippen LogP contribution in [-0.2, 0) is 0 Å². The number of benzene rings is 1. The average Bonchev–Trinajstić information content (AvgIpc) is 2.46. The zero-order chi connectivity index (χ0) is 16.0. The van der Waals surface area contributed by atoms with Crippen LogP contribution in [0.1, 0.15) is 49.8 Å². The molecule has 0 aliphatic rings. The highest BCUT2D eigenvalue weighted by Gasteiger charge is 2.13. The molecule has 1 aromatic rings. The van der Waals surface area contributed by atoms with Gasteiger partial charge in [-0.2, -0.15) is 0 Å². The van der Waals surface area contributed by atoms with Crippen molar-refractivity contribution < 1.29 is 0 Å². The van der Waals surface area contributed by atoms with E-state index in [2.05, 4.69) is 51.6 Å². The quantitative estimate of drug-likeness (QED) is 0.562. The van der Waals surface area contributed by atoms with Gasteiger partial charge in [0.15, 0.2) is 0 Å². The van der Waals surface area contributed by atoms with Gasteiger partial charge in [-0.1, -0.05) is 50.3 Å². The van der Waals surface area contributed by atoms with Gasteiger partial charge < -0.3 is 11.1 Å². The van der Waals surface area contributed by atoms with Gasteiger partial charge in [-0.05, 0) is 53.8 Å².